The Kier molecular flexibility index (Phi) is 7.44. The lowest BCUT2D eigenvalue weighted by atomic mass is 10.3. The van der Waals surface area contributed by atoms with E-state index in [1.165, 1.54) is 13.1 Å². The number of hydrogen-bond donors (Lipinski definition) is 2. The third-order valence-corrected chi connectivity index (χ3v) is 2.79. The standard InChI is InChI=1S/C14H19N3O6/c1-10(18)15-8-3-2-4-11(19)16-9-7-14(22)23-17-12(20)5-6-13(17)21/h3,8H,2,4-7,9H2,1H3,(H,15,18)(H,16,19)/b8-3+. The number of carbonyl (C=O) groups is 5. The predicted molar refractivity (Wildman–Crippen MR) is 77.0 cm³/mol. The van der Waals surface area contributed by atoms with Gasteiger partial charge in [-0.25, -0.2) is 4.79 Å². The van der Waals surface area contributed by atoms with Crippen LogP contribution in [0.4, 0.5) is 0 Å². The van der Waals surface area contributed by atoms with E-state index in [0.717, 1.165) is 0 Å². The molecule has 2 N–H and O–H groups in total. The number of carbonyl (C=O) groups excluding carboxylic acids is 5. The molecule has 1 aliphatic rings. The fourth-order valence-corrected chi connectivity index (χ4v) is 1.67. The molecule has 0 atom stereocenters. The maximum Gasteiger partial charge on any atom is 0.334 e. The molecule has 0 spiro atoms. The normalized spacial score (nSPS) is 14.2. The van der Waals surface area contributed by atoms with Crippen LogP contribution < -0.4 is 10.6 Å². The molecule has 4 amide bonds. The number of amides is 4. The van der Waals surface area contributed by atoms with E-state index in [-0.39, 0.29) is 44.0 Å². The topological polar surface area (TPSA) is 122 Å². The highest BCUT2D eigenvalue weighted by Gasteiger charge is 2.32. The third kappa shape index (κ3) is 7.21. The summed E-state index contributed by atoms with van der Waals surface area (Å²) in [6.45, 7) is 1.42. The molecule has 0 aliphatic carbocycles. The second kappa shape index (κ2) is 9.34. The largest absolute Gasteiger partial charge is 0.356 e. The predicted octanol–water partition coefficient (Wildman–Crippen LogP) is -0.470. The molecule has 0 saturated carbocycles. The van der Waals surface area contributed by atoms with Crippen LogP contribution in [-0.4, -0.2) is 41.2 Å². The molecule has 1 fully saturated rings. The first-order valence-electron chi connectivity index (χ1n) is 7.15. The second-order valence-electron chi connectivity index (χ2n) is 4.79. The summed E-state index contributed by atoms with van der Waals surface area (Å²) >= 11 is 0. The molecule has 0 aromatic heterocycles. The number of hydrogen-bond acceptors (Lipinski definition) is 6. The van der Waals surface area contributed by atoms with Gasteiger partial charge in [0.15, 0.2) is 0 Å². The van der Waals surface area contributed by atoms with Crippen molar-refractivity contribution in [2.24, 2.45) is 0 Å². The molecule has 1 saturated heterocycles. The first kappa shape index (κ1) is 18.3. The molecule has 1 aliphatic heterocycles. The van der Waals surface area contributed by atoms with Crippen LogP contribution in [-0.2, 0) is 28.8 Å². The Labute approximate surface area is 133 Å². The van der Waals surface area contributed by atoms with Crippen molar-refractivity contribution in [3.05, 3.63) is 12.3 Å². The maximum atomic E-state index is 11.5. The van der Waals surface area contributed by atoms with Gasteiger partial charge in [-0.05, 0) is 12.6 Å². The van der Waals surface area contributed by atoms with Crippen LogP contribution in [0.25, 0.3) is 0 Å². The van der Waals surface area contributed by atoms with Crippen LogP contribution in [0.3, 0.4) is 0 Å². The van der Waals surface area contributed by atoms with Crippen LogP contribution in [0.2, 0.25) is 0 Å². The number of nitrogens with one attached hydrogen (secondary N) is 2. The van der Waals surface area contributed by atoms with Gasteiger partial charge in [-0.1, -0.05) is 6.08 Å². The van der Waals surface area contributed by atoms with E-state index in [9.17, 15) is 24.0 Å². The lowest BCUT2D eigenvalue weighted by Gasteiger charge is -2.12. The summed E-state index contributed by atoms with van der Waals surface area (Å²) in [5.41, 5.74) is 0. The highest BCUT2D eigenvalue weighted by Crippen LogP contribution is 2.12. The fourth-order valence-electron chi connectivity index (χ4n) is 1.67. The summed E-state index contributed by atoms with van der Waals surface area (Å²) in [6, 6.07) is 0. The Morgan fingerprint density at radius 1 is 1.17 bits per heavy atom. The van der Waals surface area contributed by atoms with Crippen LogP contribution in [0.1, 0.15) is 39.0 Å². The van der Waals surface area contributed by atoms with Gasteiger partial charge in [0.2, 0.25) is 11.8 Å². The fraction of sp³-hybridized carbons (Fsp3) is 0.500. The second-order valence-corrected chi connectivity index (χ2v) is 4.79. The average molecular weight is 325 g/mol. The summed E-state index contributed by atoms with van der Waals surface area (Å²) in [7, 11) is 0. The molecule has 0 aromatic carbocycles. The molecular weight excluding hydrogens is 306 g/mol. The van der Waals surface area contributed by atoms with Gasteiger partial charge in [0, 0.05) is 32.7 Å². The van der Waals surface area contributed by atoms with Crippen molar-refractivity contribution in [2.75, 3.05) is 6.54 Å². The first-order chi connectivity index (χ1) is 10.9. The van der Waals surface area contributed by atoms with Crippen molar-refractivity contribution in [3.63, 3.8) is 0 Å². The monoisotopic (exact) mass is 325 g/mol. The highest BCUT2D eigenvalue weighted by molar-refractivity contribution is 6.01. The zero-order valence-corrected chi connectivity index (χ0v) is 12.8. The van der Waals surface area contributed by atoms with E-state index < -0.39 is 17.8 Å². The molecule has 126 valence electrons. The molecule has 0 bridgehead atoms. The molecule has 23 heavy (non-hydrogen) atoms. The average Bonchev–Trinajstić information content (AvgIpc) is 2.78. The van der Waals surface area contributed by atoms with Crippen LogP contribution in [0.15, 0.2) is 12.3 Å². The Morgan fingerprint density at radius 3 is 2.43 bits per heavy atom. The molecule has 1 heterocycles. The van der Waals surface area contributed by atoms with E-state index in [2.05, 4.69) is 15.5 Å². The minimum atomic E-state index is -0.764. The van der Waals surface area contributed by atoms with Gasteiger partial charge in [0.25, 0.3) is 11.8 Å². The van der Waals surface area contributed by atoms with Crippen molar-refractivity contribution in [3.8, 4) is 0 Å². The summed E-state index contributed by atoms with van der Waals surface area (Å²) < 4.78 is 0. The van der Waals surface area contributed by atoms with Gasteiger partial charge in [-0.3, -0.25) is 19.2 Å². The van der Waals surface area contributed by atoms with Crippen molar-refractivity contribution in [1.82, 2.24) is 15.7 Å². The van der Waals surface area contributed by atoms with Crippen LogP contribution >= 0.6 is 0 Å². The Bertz CT molecular complexity index is 513. The molecule has 0 aromatic rings. The van der Waals surface area contributed by atoms with Crippen molar-refractivity contribution < 1.29 is 28.8 Å². The summed E-state index contributed by atoms with van der Waals surface area (Å²) in [6.07, 6.45) is 3.66. The van der Waals surface area contributed by atoms with Crippen LogP contribution in [0.5, 0.6) is 0 Å². The Morgan fingerprint density at radius 2 is 1.83 bits per heavy atom. The number of hydroxylamine groups is 2. The minimum Gasteiger partial charge on any atom is -0.356 e. The maximum absolute atomic E-state index is 11.5. The lowest BCUT2D eigenvalue weighted by molar-refractivity contribution is -0.197. The number of allylic oxidation sites excluding steroid dienone is 1. The van der Waals surface area contributed by atoms with Crippen molar-refractivity contribution >= 4 is 29.6 Å². The summed E-state index contributed by atoms with van der Waals surface area (Å²) in [5.74, 6) is -2.31. The van der Waals surface area contributed by atoms with E-state index in [1.807, 2.05) is 0 Å². The number of nitrogens with zero attached hydrogens (tertiary/aromatic N) is 1. The van der Waals surface area contributed by atoms with E-state index in [4.69, 9.17) is 0 Å². The smallest absolute Gasteiger partial charge is 0.334 e. The third-order valence-electron chi connectivity index (χ3n) is 2.79. The molecule has 0 unspecified atom stereocenters. The molecule has 0 radical (unpaired) electrons. The zero-order chi connectivity index (χ0) is 17.2. The summed E-state index contributed by atoms with van der Waals surface area (Å²) in [5, 5.41) is 5.43. The highest BCUT2D eigenvalue weighted by atomic mass is 16.7. The number of imide groups is 1. The van der Waals surface area contributed by atoms with Gasteiger partial charge in [-0.2, -0.15) is 0 Å². The quantitative estimate of drug-likeness (QED) is 0.582. The molecule has 9 nitrogen and oxygen atoms in total. The Balaban J connectivity index is 2.13. The van der Waals surface area contributed by atoms with E-state index in [1.54, 1.807) is 6.08 Å². The summed E-state index contributed by atoms with van der Waals surface area (Å²) in [4.78, 5) is 60.6. The number of rotatable bonds is 8. The Hall–Kier alpha value is -2.71. The van der Waals surface area contributed by atoms with Gasteiger partial charge < -0.3 is 15.5 Å². The van der Waals surface area contributed by atoms with E-state index >= 15 is 0 Å². The first-order valence-corrected chi connectivity index (χ1v) is 7.15. The van der Waals surface area contributed by atoms with Crippen molar-refractivity contribution in [2.45, 2.75) is 39.0 Å². The SMILES string of the molecule is CC(=O)N/C=C/CCC(=O)NCCC(=O)ON1C(=O)CCC1=O. The van der Waals surface area contributed by atoms with Crippen LogP contribution in [0, 0.1) is 0 Å². The molecular formula is C14H19N3O6. The van der Waals surface area contributed by atoms with E-state index in [0.29, 0.717) is 11.5 Å². The van der Waals surface area contributed by atoms with Gasteiger partial charge in [0.1, 0.15) is 0 Å². The minimum absolute atomic E-state index is 0.0366. The molecule has 1 rings (SSSR count). The lowest BCUT2D eigenvalue weighted by Crippen LogP contribution is -2.33. The zero-order valence-electron chi connectivity index (χ0n) is 12.8. The van der Waals surface area contributed by atoms with Gasteiger partial charge in [-0.15, -0.1) is 5.06 Å². The molecule has 9 heteroatoms. The van der Waals surface area contributed by atoms with Crippen molar-refractivity contribution in [1.29, 1.82) is 0 Å². The van der Waals surface area contributed by atoms with Gasteiger partial charge >= 0.3 is 5.97 Å². The van der Waals surface area contributed by atoms with Gasteiger partial charge in [0.05, 0.1) is 6.42 Å².